The topological polar surface area (TPSA) is 26.0 Å². The van der Waals surface area contributed by atoms with Crippen molar-refractivity contribution in [3.63, 3.8) is 0 Å². The van der Waals surface area contributed by atoms with Gasteiger partial charge in [0.2, 0.25) is 0 Å². The van der Waals surface area contributed by atoms with Crippen molar-refractivity contribution in [1.82, 2.24) is 0 Å². The van der Waals surface area contributed by atoms with E-state index in [1.165, 1.54) is 0 Å². The van der Waals surface area contributed by atoms with Gasteiger partial charge in [0.1, 0.15) is 0 Å². The number of rotatable bonds is 4. The Morgan fingerprint density at radius 3 is 2.43 bits per heavy atom. The molecule has 0 bridgehead atoms. The fourth-order valence-corrected chi connectivity index (χ4v) is 1.42. The number of hydrogen-bond acceptors (Lipinski definition) is 1. The summed E-state index contributed by atoms with van der Waals surface area (Å²) in [7, 11) is 0. The molecule has 0 aromatic heterocycles. The van der Waals surface area contributed by atoms with Crippen molar-refractivity contribution in [3.8, 4) is 0 Å². The van der Waals surface area contributed by atoms with E-state index >= 15 is 0 Å². The van der Waals surface area contributed by atoms with Gasteiger partial charge in [0.25, 0.3) is 0 Å². The minimum Gasteiger partial charge on any atom is -0.324 e. The van der Waals surface area contributed by atoms with E-state index in [-0.39, 0.29) is 6.04 Å². The predicted octanol–water partition coefficient (Wildman–Crippen LogP) is 3.38. The molecule has 0 aliphatic heterocycles. The van der Waals surface area contributed by atoms with Gasteiger partial charge in [-0.3, -0.25) is 0 Å². The van der Waals surface area contributed by atoms with Crippen LogP contribution in [0.15, 0.2) is 31.4 Å². The summed E-state index contributed by atoms with van der Waals surface area (Å²) in [5.41, 5.74) is 9.31. The van der Waals surface area contributed by atoms with E-state index in [9.17, 15) is 0 Å². The van der Waals surface area contributed by atoms with Crippen LogP contribution in [0.3, 0.4) is 0 Å². The molecule has 0 saturated carbocycles. The normalized spacial score (nSPS) is 12.1. The van der Waals surface area contributed by atoms with Crippen LogP contribution in [0, 0.1) is 0 Å². The van der Waals surface area contributed by atoms with E-state index in [1.54, 1.807) is 0 Å². The van der Waals surface area contributed by atoms with E-state index in [2.05, 4.69) is 32.2 Å². The third-order valence-corrected chi connectivity index (χ3v) is 2.42. The zero-order valence-electron chi connectivity index (χ0n) is 8.66. The fourth-order valence-electron chi connectivity index (χ4n) is 1.42. The highest BCUT2D eigenvalue weighted by molar-refractivity contribution is 5.64. The van der Waals surface area contributed by atoms with Crippen molar-refractivity contribution in [2.75, 3.05) is 0 Å². The predicted molar refractivity (Wildman–Crippen MR) is 63.8 cm³/mol. The summed E-state index contributed by atoms with van der Waals surface area (Å²) < 4.78 is 0. The van der Waals surface area contributed by atoms with E-state index in [0.717, 1.165) is 23.1 Å². The van der Waals surface area contributed by atoms with E-state index in [4.69, 9.17) is 5.73 Å². The lowest BCUT2D eigenvalue weighted by molar-refractivity contribution is 0.698. The maximum atomic E-state index is 5.95. The number of nitrogens with two attached hydrogens (primary N) is 1. The van der Waals surface area contributed by atoms with Gasteiger partial charge in [0.05, 0.1) is 0 Å². The summed E-state index contributed by atoms with van der Waals surface area (Å²) in [5.74, 6) is 0. The van der Waals surface area contributed by atoms with Crippen molar-refractivity contribution in [1.29, 1.82) is 0 Å². The molecule has 2 N–H and O–H groups in total. The van der Waals surface area contributed by atoms with Crippen LogP contribution in [0.25, 0.3) is 12.2 Å². The molecular formula is C13H17N. The SMILES string of the molecule is C=Cc1ccc(C(N)CC)cc1C=C. The monoisotopic (exact) mass is 187 g/mol. The summed E-state index contributed by atoms with van der Waals surface area (Å²) in [4.78, 5) is 0. The zero-order chi connectivity index (χ0) is 10.6. The van der Waals surface area contributed by atoms with Crippen LogP contribution >= 0.6 is 0 Å². The van der Waals surface area contributed by atoms with Gasteiger partial charge in [0.15, 0.2) is 0 Å². The first kappa shape index (κ1) is 10.7. The second-order valence-corrected chi connectivity index (χ2v) is 3.31. The van der Waals surface area contributed by atoms with Crippen LogP contribution in [0.2, 0.25) is 0 Å². The van der Waals surface area contributed by atoms with Crippen LogP contribution in [-0.4, -0.2) is 0 Å². The smallest absolute Gasteiger partial charge is 0.0292 e. The lowest BCUT2D eigenvalue weighted by Gasteiger charge is -2.11. The first-order valence-electron chi connectivity index (χ1n) is 4.87. The van der Waals surface area contributed by atoms with E-state index in [1.807, 2.05) is 18.2 Å². The zero-order valence-corrected chi connectivity index (χ0v) is 8.66. The van der Waals surface area contributed by atoms with Crippen LogP contribution in [-0.2, 0) is 0 Å². The number of benzene rings is 1. The Labute approximate surface area is 85.9 Å². The first-order chi connectivity index (χ1) is 6.72. The highest BCUT2D eigenvalue weighted by Gasteiger charge is 2.04. The maximum absolute atomic E-state index is 5.95. The molecule has 0 fully saturated rings. The molecular weight excluding hydrogens is 170 g/mol. The lowest BCUT2D eigenvalue weighted by atomic mass is 9.99. The van der Waals surface area contributed by atoms with E-state index < -0.39 is 0 Å². The van der Waals surface area contributed by atoms with Crippen LogP contribution < -0.4 is 5.73 Å². The molecule has 0 radical (unpaired) electrons. The lowest BCUT2D eigenvalue weighted by Crippen LogP contribution is -2.08. The third-order valence-electron chi connectivity index (χ3n) is 2.42. The van der Waals surface area contributed by atoms with Gasteiger partial charge in [0, 0.05) is 6.04 Å². The second kappa shape index (κ2) is 4.77. The molecule has 1 heteroatoms. The molecule has 0 saturated heterocycles. The molecule has 1 aromatic carbocycles. The number of hydrogen-bond donors (Lipinski definition) is 1. The van der Waals surface area contributed by atoms with Crippen LogP contribution in [0.4, 0.5) is 0 Å². The molecule has 1 aromatic rings. The Morgan fingerprint density at radius 2 is 1.93 bits per heavy atom. The van der Waals surface area contributed by atoms with Gasteiger partial charge < -0.3 is 5.73 Å². The highest BCUT2D eigenvalue weighted by atomic mass is 14.6. The summed E-state index contributed by atoms with van der Waals surface area (Å²) in [6.07, 6.45) is 4.62. The Kier molecular flexibility index (Phi) is 3.66. The van der Waals surface area contributed by atoms with Gasteiger partial charge >= 0.3 is 0 Å². The van der Waals surface area contributed by atoms with Gasteiger partial charge in [-0.05, 0) is 29.2 Å². The van der Waals surface area contributed by atoms with Crippen molar-refractivity contribution >= 4 is 12.2 Å². The second-order valence-electron chi connectivity index (χ2n) is 3.31. The summed E-state index contributed by atoms with van der Waals surface area (Å²) in [6.45, 7) is 9.62. The molecule has 0 heterocycles. The molecule has 0 aliphatic rings. The Bertz CT molecular complexity index is 339. The van der Waals surface area contributed by atoms with Crippen molar-refractivity contribution in [2.45, 2.75) is 19.4 Å². The standard InChI is InChI=1S/C13H17N/c1-4-10-7-8-12(13(14)6-3)9-11(10)5-2/h4-5,7-9,13H,1-2,6,14H2,3H3. The summed E-state index contributed by atoms with van der Waals surface area (Å²) >= 11 is 0. The summed E-state index contributed by atoms with van der Waals surface area (Å²) in [5, 5.41) is 0. The molecule has 1 unspecified atom stereocenters. The minimum absolute atomic E-state index is 0.118. The molecule has 0 amide bonds. The Morgan fingerprint density at radius 1 is 1.29 bits per heavy atom. The largest absolute Gasteiger partial charge is 0.324 e. The Hall–Kier alpha value is -1.34. The molecule has 1 nitrogen and oxygen atoms in total. The molecule has 0 spiro atoms. The van der Waals surface area contributed by atoms with Crippen molar-refractivity contribution in [3.05, 3.63) is 48.0 Å². The van der Waals surface area contributed by atoms with E-state index in [0.29, 0.717) is 0 Å². The summed E-state index contributed by atoms with van der Waals surface area (Å²) in [6, 6.07) is 6.29. The van der Waals surface area contributed by atoms with Crippen LogP contribution in [0.1, 0.15) is 36.1 Å². The van der Waals surface area contributed by atoms with Gasteiger partial charge in [-0.2, -0.15) is 0 Å². The quantitative estimate of drug-likeness (QED) is 0.768. The maximum Gasteiger partial charge on any atom is 0.0292 e. The molecule has 1 rings (SSSR count). The first-order valence-corrected chi connectivity index (χ1v) is 4.87. The minimum atomic E-state index is 0.118. The van der Waals surface area contributed by atoms with Crippen molar-refractivity contribution in [2.24, 2.45) is 5.73 Å². The molecule has 14 heavy (non-hydrogen) atoms. The average molecular weight is 187 g/mol. The highest BCUT2D eigenvalue weighted by Crippen LogP contribution is 2.19. The molecule has 0 aliphatic carbocycles. The van der Waals surface area contributed by atoms with Gasteiger partial charge in [-0.1, -0.05) is 44.4 Å². The fraction of sp³-hybridized carbons (Fsp3) is 0.231. The average Bonchev–Trinajstić information content (AvgIpc) is 2.26. The Balaban J connectivity index is 3.13. The molecule has 1 atom stereocenters. The molecule has 74 valence electrons. The van der Waals surface area contributed by atoms with Gasteiger partial charge in [-0.15, -0.1) is 0 Å². The third kappa shape index (κ3) is 2.12. The van der Waals surface area contributed by atoms with Gasteiger partial charge in [-0.25, -0.2) is 0 Å². The van der Waals surface area contributed by atoms with Crippen LogP contribution in [0.5, 0.6) is 0 Å². The van der Waals surface area contributed by atoms with Crippen molar-refractivity contribution < 1.29 is 0 Å².